The van der Waals surface area contributed by atoms with Gasteiger partial charge in [-0.15, -0.1) is 0 Å². The van der Waals surface area contributed by atoms with Gasteiger partial charge in [-0.25, -0.2) is 4.98 Å². The number of hydrogen-bond acceptors (Lipinski definition) is 3. The van der Waals surface area contributed by atoms with Crippen molar-refractivity contribution in [3.05, 3.63) is 94.2 Å². The molecule has 0 amide bonds. The molecule has 3 nitrogen and oxygen atoms in total. The van der Waals surface area contributed by atoms with Crippen molar-refractivity contribution in [3.8, 4) is 5.75 Å². The number of carbonyl (C=O) groups excluding carboxylic acids is 1. The largest absolute Gasteiger partial charge is 0.489 e. The van der Waals surface area contributed by atoms with Gasteiger partial charge < -0.3 is 4.74 Å². The van der Waals surface area contributed by atoms with Gasteiger partial charge in [0.25, 0.3) is 0 Å². The van der Waals surface area contributed by atoms with E-state index in [0.717, 1.165) is 5.56 Å². The van der Waals surface area contributed by atoms with E-state index in [4.69, 9.17) is 4.74 Å². The third-order valence-electron chi connectivity index (χ3n) is 3.35. The highest BCUT2D eigenvalue weighted by molar-refractivity contribution is 9.10. The summed E-state index contributed by atoms with van der Waals surface area (Å²) in [5.41, 5.74) is 2.19. The summed E-state index contributed by atoms with van der Waals surface area (Å²) in [6.07, 6.45) is 1.64. The first-order chi connectivity index (χ1) is 11.2. The lowest BCUT2D eigenvalue weighted by atomic mass is 10.1. The molecule has 114 valence electrons. The summed E-state index contributed by atoms with van der Waals surface area (Å²) in [6.45, 7) is 0.467. The average molecular weight is 368 g/mol. The van der Waals surface area contributed by atoms with Crippen molar-refractivity contribution in [3.63, 3.8) is 0 Å². The van der Waals surface area contributed by atoms with Crippen LogP contribution < -0.4 is 4.74 Å². The summed E-state index contributed by atoms with van der Waals surface area (Å²) >= 11 is 3.31. The van der Waals surface area contributed by atoms with E-state index in [2.05, 4.69) is 20.9 Å². The van der Waals surface area contributed by atoms with Crippen LogP contribution in [0.2, 0.25) is 0 Å². The van der Waals surface area contributed by atoms with Gasteiger partial charge in [0.05, 0.1) is 5.56 Å². The quantitative estimate of drug-likeness (QED) is 0.486. The lowest BCUT2D eigenvalue weighted by molar-refractivity contribution is 0.103. The van der Waals surface area contributed by atoms with Gasteiger partial charge in [0, 0.05) is 11.8 Å². The standard InChI is InChI=1S/C19H14BrNO2/c20-19-17(10-5-11-21-19)18(22)15-8-4-9-16(12-15)23-13-14-6-2-1-3-7-14/h1-12H,13H2. The van der Waals surface area contributed by atoms with Crippen molar-refractivity contribution >= 4 is 21.7 Å². The number of rotatable bonds is 5. The maximum absolute atomic E-state index is 12.6. The van der Waals surface area contributed by atoms with Gasteiger partial charge in [0.2, 0.25) is 0 Å². The minimum Gasteiger partial charge on any atom is -0.489 e. The summed E-state index contributed by atoms with van der Waals surface area (Å²) in [4.78, 5) is 16.7. The summed E-state index contributed by atoms with van der Waals surface area (Å²) in [5.74, 6) is 0.579. The monoisotopic (exact) mass is 367 g/mol. The number of halogens is 1. The van der Waals surface area contributed by atoms with Crippen molar-refractivity contribution in [1.82, 2.24) is 4.98 Å². The Morgan fingerprint density at radius 1 is 1.00 bits per heavy atom. The predicted octanol–water partition coefficient (Wildman–Crippen LogP) is 4.65. The van der Waals surface area contributed by atoms with Gasteiger partial charge >= 0.3 is 0 Å². The first-order valence-corrected chi connectivity index (χ1v) is 7.95. The molecule has 23 heavy (non-hydrogen) atoms. The van der Waals surface area contributed by atoms with E-state index in [0.29, 0.717) is 28.1 Å². The van der Waals surface area contributed by atoms with Gasteiger partial charge in [0.1, 0.15) is 17.0 Å². The number of ketones is 1. The summed E-state index contributed by atoms with van der Waals surface area (Å²) in [6, 6.07) is 20.6. The Labute approximate surface area is 143 Å². The summed E-state index contributed by atoms with van der Waals surface area (Å²) in [7, 11) is 0. The van der Waals surface area contributed by atoms with Crippen LogP contribution in [0.4, 0.5) is 0 Å². The number of carbonyl (C=O) groups is 1. The molecule has 0 bridgehead atoms. The molecule has 0 atom stereocenters. The minimum atomic E-state index is -0.0878. The van der Waals surface area contributed by atoms with Crippen molar-refractivity contribution in [1.29, 1.82) is 0 Å². The fourth-order valence-corrected chi connectivity index (χ4v) is 2.61. The zero-order valence-corrected chi connectivity index (χ0v) is 13.9. The molecule has 2 aromatic carbocycles. The first kappa shape index (κ1) is 15.4. The van der Waals surface area contributed by atoms with E-state index in [9.17, 15) is 4.79 Å². The molecule has 0 saturated carbocycles. The third-order valence-corrected chi connectivity index (χ3v) is 3.98. The summed E-state index contributed by atoms with van der Waals surface area (Å²) in [5, 5.41) is 0. The lowest BCUT2D eigenvalue weighted by Crippen LogP contribution is -2.04. The lowest BCUT2D eigenvalue weighted by Gasteiger charge is -2.08. The van der Waals surface area contributed by atoms with Crippen LogP contribution in [0.5, 0.6) is 5.75 Å². The van der Waals surface area contributed by atoms with E-state index in [-0.39, 0.29) is 5.78 Å². The maximum Gasteiger partial charge on any atom is 0.195 e. The Balaban J connectivity index is 1.77. The van der Waals surface area contributed by atoms with Gasteiger partial charge in [-0.05, 0) is 45.8 Å². The first-order valence-electron chi connectivity index (χ1n) is 7.16. The molecule has 0 N–H and O–H groups in total. The molecule has 0 radical (unpaired) electrons. The second-order valence-corrected chi connectivity index (χ2v) is 5.72. The molecule has 0 aliphatic heterocycles. The highest BCUT2D eigenvalue weighted by Gasteiger charge is 2.13. The second kappa shape index (κ2) is 7.20. The Hall–Kier alpha value is -2.46. The molecule has 1 heterocycles. The van der Waals surface area contributed by atoms with Gasteiger partial charge in [-0.2, -0.15) is 0 Å². The van der Waals surface area contributed by atoms with Crippen LogP contribution in [0.1, 0.15) is 21.5 Å². The summed E-state index contributed by atoms with van der Waals surface area (Å²) < 4.78 is 6.31. The number of benzene rings is 2. The molecule has 3 aromatic rings. The Bertz CT molecular complexity index is 818. The SMILES string of the molecule is O=C(c1cccc(OCc2ccccc2)c1)c1cccnc1Br. The van der Waals surface area contributed by atoms with E-state index in [1.54, 1.807) is 30.5 Å². The molecule has 0 spiro atoms. The molecule has 1 aromatic heterocycles. The normalized spacial score (nSPS) is 10.3. The van der Waals surface area contributed by atoms with Crippen LogP contribution in [-0.4, -0.2) is 10.8 Å². The fraction of sp³-hybridized carbons (Fsp3) is 0.0526. The highest BCUT2D eigenvalue weighted by Crippen LogP contribution is 2.21. The van der Waals surface area contributed by atoms with Crippen molar-refractivity contribution in [2.45, 2.75) is 6.61 Å². The molecular formula is C19H14BrNO2. The fourth-order valence-electron chi connectivity index (χ4n) is 2.18. The maximum atomic E-state index is 12.6. The van der Waals surface area contributed by atoms with Crippen LogP contribution in [0, 0.1) is 0 Å². The minimum absolute atomic E-state index is 0.0878. The van der Waals surface area contributed by atoms with E-state index < -0.39 is 0 Å². The molecule has 4 heteroatoms. The Morgan fingerprint density at radius 3 is 2.61 bits per heavy atom. The molecule has 0 aliphatic rings. The second-order valence-electron chi connectivity index (χ2n) is 4.97. The molecule has 0 fully saturated rings. The van der Waals surface area contributed by atoms with Crippen LogP contribution >= 0.6 is 15.9 Å². The van der Waals surface area contributed by atoms with Crippen molar-refractivity contribution < 1.29 is 9.53 Å². The molecular weight excluding hydrogens is 354 g/mol. The smallest absolute Gasteiger partial charge is 0.195 e. The number of pyridine rings is 1. The van der Waals surface area contributed by atoms with Gasteiger partial charge in [0.15, 0.2) is 5.78 Å². The molecule has 0 saturated heterocycles. The Morgan fingerprint density at radius 2 is 1.83 bits per heavy atom. The van der Waals surface area contributed by atoms with Crippen LogP contribution in [0.25, 0.3) is 0 Å². The highest BCUT2D eigenvalue weighted by atomic mass is 79.9. The zero-order chi connectivity index (χ0) is 16.1. The van der Waals surface area contributed by atoms with Gasteiger partial charge in [-0.3, -0.25) is 4.79 Å². The zero-order valence-electron chi connectivity index (χ0n) is 12.3. The molecule has 3 rings (SSSR count). The Kier molecular flexibility index (Phi) is 4.83. The van der Waals surface area contributed by atoms with Gasteiger partial charge in [-0.1, -0.05) is 42.5 Å². The third kappa shape index (κ3) is 3.85. The molecule has 0 aliphatic carbocycles. The van der Waals surface area contributed by atoms with Crippen LogP contribution in [0.3, 0.4) is 0 Å². The van der Waals surface area contributed by atoms with Crippen LogP contribution in [0.15, 0.2) is 77.5 Å². The number of ether oxygens (including phenoxy) is 1. The number of nitrogens with zero attached hydrogens (tertiary/aromatic N) is 1. The van der Waals surface area contributed by atoms with E-state index in [1.807, 2.05) is 42.5 Å². The molecule has 0 unspecified atom stereocenters. The topological polar surface area (TPSA) is 39.2 Å². The van der Waals surface area contributed by atoms with Crippen molar-refractivity contribution in [2.24, 2.45) is 0 Å². The number of hydrogen-bond donors (Lipinski definition) is 0. The average Bonchev–Trinajstić information content (AvgIpc) is 2.61. The van der Waals surface area contributed by atoms with Crippen molar-refractivity contribution in [2.75, 3.05) is 0 Å². The predicted molar refractivity (Wildman–Crippen MR) is 92.6 cm³/mol. The van der Waals surface area contributed by atoms with E-state index >= 15 is 0 Å². The number of aromatic nitrogens is 1. The van der Waals surface area contributed by atoms with E-state index in [1.165, 1.54) is 0 Å². The van der Waals surface area contributed by atoms with Crippen LogP contribution in [-0.2, 0) is 6.61 Å².